The lowest BCUT2D eigenvalue weighted by molar-refractivity contribution is -0.184. The van der Waals surface area contributed by atoms with E-state index < -0.39 is 42.4 Å². The van der Waals surface area contributed by atoms with Crippen LogP contribution in [0.25, 0.3) is 0 Å². The Kier molecular flexibility index (Phi) is 8.70. The zero-order valence-electron chi connectivity index (χ0n) is 14.5. The van der Waals surface area contributed by atoms with Gasteiger partial charge in [0.1, 0.15) is 11.8 Å². The smallest absolute Gasteiger partial charge is 0.405 e. The first-order valence-corrected chi connectivity index (χ1v) is 8.09. The number of ether oxygens (including phenoxy) is 1. The van der Waals surface area contributed by atoms with E-state index in [4.69, 9.17) is 4.74 Å². The molecule has 27 heavy (non-hydrogen) atoms. The summed E-state index contributed by atoms with van der Waals surface area (Å²) in [5, 5.41) is 5.19. The Hall–Kier alpha value is -1.65. The monoisotopic (exact) mass is 417 g/mol. The van der Waals surface area contributed by atoms with Gasteiger partial charge in [0.25, 0.3) is 5.91 Å². The Morgan fingerprint density at radius 2 is 1.89 bits per heavy atom. The van der Waals surface area contributed by atoms with Crippen molar-refractivity contribution in [2.24, 2.45) is 0 Å². The molecule has 0 radical (unpaired) electrons. The summed E-state index contributed by atoms with van der Waals surface area (Å²) in [6.07, 6.45) is -5.66. The van der Waals surface area contributed by atoms with Crippen molar-refractivity contribution >= 4 is 18.3 Å². The molecule has 2 N–H and O–H groups in total. The van der Waals surface area contributed by atoms with Crippen LogP contribution in [0, 0.1) is 11.6 Å². The van der Waals surface area contributed by atoms with E-state index in [9.17, 15) is 26.7 Å². The van der Waals surface area contributed by atoms with Gasteiger partial charge in [-0.1, -0.05) is 0 Å². The Morgan fingerprint density at radius 3 is 2.44 bits per heavy atom. The molecule has 0 spiro atoms. The average molecular weight is 418 g/mol. The lowest BCUT2D eigenvalue weighted by Crippen LogP contribution is -2.58. The largest absolute Gasteiger partial charge is 0.481 e. The third-order valence-electron chi connectivity index (χ3n) is 4.01. The summed E-state index contributed by atoms with van der Waals surface area (Å²) in [7, 11) is 0. The van der Waals surface area contributed by atoms with E-state index in [0.717, 1.165) is 18.2 Å². The lowest BCUT2D eigenvalue weighted by atomic mass is 10.2. The molecular formula is C16H21ClF5N3O2. The van der Waals surface area contributed by atoms with Crippen molar-refractivity contribution in [3.8, 4) is 5.75 Å². The first-order chi connectivity index (χ1) is 12.2. The Balaban J connectivity index is 0.00000364. The van der Waals surface area contributed by atoms with Crippen LogP contribution in [0.3, 0.4) is 0 Å². The number of alkyl halides is 3. The molecule has 1 saturated heterocycles. The Bertz CT molecular complexity index is 627. The van der Waals surface area contributed by atoms with Crippen LogP contribution in [0.15, 0.2) is 18.2 Å². The standard InChI is InChI=1S/C16H20F5N3O2.ClH/c1-10(26-11-2-3-12(17)13(18)8-11)15(25)23-9-14(16(19,20)21)24-6-4-22-5-7-24;/h2-3,8,10,14,22H,4-7,9H2,1H3,(H,23,25);1H. The highest BCUT2D eigenvalue weighted by atomic mass is 35.5. The van der Waals surface area contributed by atoms with Gasteiger partial charge in [0.15, 0.2) is 17.7 Å². The molecule has 0 saturated carbocycles. The summed E-state index contributed by atoms with van der Waals surface area (Å²) >= 11 is 0. The third kappa shape index (κ3) is 6.78. The quantitative estimate of drug-likeness (QED) is 0.696. The van der Waals surface area contributed by atoms with Crippen molar-refractivity contribution in [1.29, 1.82) is 0 Å². The van der Waals surface area contributed by atoms with Gasteiger partial charge < -0.3 is 15.4 Å². The average Bonchev–Trinajstić information content (AvgIpc) is 2.58. The number of carbonyl (C=O) groups excluding carboxylic acids is 1. The highest BCUT2D eigenvalue weighted by Crippen LogP contribution is 2.25. The van der Waals surface area contributed by atoms with Gasteiger partial charge in [-0.15, -0.1) is 12.4 Å². The fraction of sp³-hybridized carbons (Fsp3) is 0.562. The van der Waals surface area contributed by atoms with Gasteiger partial charge in [-0.2, -0.15) is 13.2 Å². The molecule has 11 heteroatoms. The van der Waals surface area contributed by atoms with Crippen molar-refractivity contribution in [3.05, 3.63) is 29.8 Å². The second-order valence-electron chi connectivity index (χ2n) is 5.92. The van der Waals surface area contributed by atoms with Crippen LogP contribution < -0.4 is 15.4 Å². The molecule has 0 aliphatic carbocycles. The van der Waals surface area contributed by atoms with Crippen LogP contribution in [0.1, 0.15) is 6.92 Å². The normalized spacial score (nSPS) is 17.6. The maximum absolute atomic E-state index is 13.3. The van der Waals surface area contributed by atoms with Gasteiger partial charge in [-0.05, 0) is 19.1 Å². The molecule has 0 aromatic heterocycles. The molecule has 0 bridgehead atoms. The van der Waals surface area contributed by atoms with E-state index in [0.29, 0.717) is 13.1 Å². The molecule has 1 aromatic carbocycles. The summed E-state index contributed by atoms with van der Waals surface area (Å²) in [6, 6.07) is 0.920. The number of hydrogen-bond donors (Lipinski definition) is 2. The molecule has 154 valence electrons. The Labute approximate surface area is 159 Å². The summed E-state index contributed by atoms with van der Waals surface area (Å²) in [5.74, 6) is -3.09. The number of carbonyl (C=O) groups is 1. The number of nitrogens with zero attached hydrogens (tertiary/aromatic N) is 1. The highest BCUT2D eigenvalue weighted by molar-refractivity contribution is 5.85. The second kappa shape index (κ2) is 10.0. The van der Waals surface area contributed by atoms with Crippen molar-refractivity contribution in [2.75, 3.05) is 32.7 Å². The molecule has 1 heterocycles. The zero-order chi connectivity index (χ0) is 19.3. The number of hydrogen-bond acceptors (Lipinski definition) is 4. The molecule has 1 aromatic rings. The number of nitrogens with one attached hydrogen (secondary N) is 2. The maximum Gasteiger partial charge on any atom is 0.405 e. The molecule has 1 aliphatic rings. The van der Waals surface area contributed by atoms with Crippen LogP contribution in [-0.2, 0) is 4.79 Å². The molecule has 1 fully saturated rings. The summed E-state index contributed by atoms with van der Waals surface area (Å²) in [5.41, 5.74) is 0. The zero-order valence-corrected chi connectivity index (χ0v) is 15.3. The molecule has 2 atom stereocenters. The number of rotatable bonds is 6. The second-order valence-corrected chi connectivity index (χ2v) is 5.92. The van der Waals surface area contributed by atoms with Crippen LogP contribution in [-0.4, -0.2) is 61.9 Å². The number of piperazine rings is 1. The van der Waals surface area contributed by atoms with Gasteiger partial charge >= 0.3 is 6.18 Å². The molecule has 2 unspecified atom stereocenters. The molecule has 5 nitrogen and oxygen atoms in total. The predicted molar refractivity (Wildman–Crippen MR) is 91.0 cm³/mol. The van der Waals surface area contributed by atoms with Crippen molar-refractivity contribution < 1.29 is 31.5 Å². The van der Waals surface area contributed by atoms with E-state index >= 15 is 0 Å². The molecule has 2 rings (SSSR count). The van der Waals surface area contributed by atoms with Crippen LogP contribution in [0.4, 0.5) is 22.0 Å². The van der Waals surface area contributed by atoms with E-state index in [1.165, 1.54) is 11.8 Å². The van der Waals surface area contributed by atoms with Crippen molar-refractivity contribution in [1.82, 2.24) is 15.5 Å². The number of halogens is 6. The minimum atomic E-state index is -4.49. The third-order valence-corrected chi connectivity index (χ3v) is 4.01. The van der Waals surface area contributed by atoms with Gasteiger partial charge in [0.2, 0.25) is 0 Å². The minimum absolute atomic E-state index is 0. The van der Waals surface area contributed by atoms with Gasteiger partial charge in [-0.3, -0.25) is 9.69 Å². The first-order valence-electron chi connectivity index (χ1n) is 8.09. The molecule has 1 amide bonds. The topological polar surface area (TPSA) is 53.6 Å². The predicted octanol–water partition coefficient (Wildman–Crippen LogP) is 2.11. The fourth-order valence-corrected chi connectivity index (χ4v) is 2.59. The highest BCUT2D eigenvalue weighted by Gasteiger charge is 2.44. The maximum atomic E-state index is 13.3. The van der Waals surface area contributed by atoms with Crippen LogP contribution >= 0.6 is 12.4 Å². The van der Waals surface area contributed by atoms with Gasteiger partial charge in [0, 0.05) is 38.8 Å². The van der Waals surface area contributed by atoms with Crippen molar-refractivity contribution in [3.63, 3.8) is 0 Å². The van der Waals surface area contributed by atoms with Gasteiger partial charge in [0.05, 0.1) is 0 Å². The minimum Gasteiger partial charge on any atom is -0.481 e. The summed E-state index contributed by atoms with van der Waals surface area (Å²) < 4.78 is 70.9. The van der Waals surface area contributed by atoms with Crippen LogP contribution in [0.2, 0.25) is 0 Å². The Morgan fingerprint density at radius 1 is 1.26 bits per heavy atom. The van der Waals surface area contributed by atoms with E-state index in [1.54, 1.807) is 0 Å². The fourth-order valence-electron chi connectivity index (χ4n) is 2.59. The number of amides is 1. The molecule has 1 aliphatic heterocycles. The number of benzene rings is 1. The SMILES string of the molecule is CC(Oc1ccc(F)c(F)c1)C(=O)NCC(N1CCNCC1)C(F)(F)F.Cl. The lowest BCUT2D eigenvalue weighted by Gasteiger charge is -2.36. The first kappa shape index (κ1) is 23.4. The molecular weight excluding hydrogens is 397 g/mol. The van der Waals surface area contributed by atoms with Crippen LogP contribution in [0.5, 0.6) is 5.75 Å². The van der Waals surface area contributed by atoms with Crippen molar-refractivity contribution in [2.45, 2.75) is 25.2 Å². The van der Waals surface area contributed by atoms with E-state index in [-0.39, 0.29) is 31.2 Å². The van der Waals surface area contributed by atoms with E-state index in [2.05, 4.69) is 10.6 Å². The van der Waals surface area contributed by atoms with Gasteiger partial charge in [-0.25, -0.2) is 8.78 Å². The van der Waals surface area contributed by atoms with E-state index in [1.807, 2.05) is 0 Å². The summed E-state index contributed by atoms with van der Waals surface area (Å²) in [6.45, 7) is 2.02. The summed E-state index contributed by atoms with van der Waals surface area (Å²) in [4.78, 5) is 13.3.